The fraction of sp³-hybridized carbons (Fsp3) is 0.407. The molecule has 2 aromatic rings. The topological polar surface area (TPSA) is 79.3 Å². The van der Waals surface area contributed by atoms with E-state index in [0.717, 1.165) is 26.1 Å². The van der Waals surface area contributed by atoms with Crippen LogP contribution in [0.1, 0.15) is 36.9 Å². The van der Waals surface area contributed by atoms with Crippen molar-refractivity contribution in [3.63, 3.8) is 0 Å². The minimum absolute atomic E-state index is 0.00945. The van der Waals surface area contributed by atoms with Crippen molar-refractivity contribution in [2.75, 3.05) is 46.0 Å². The summed E-state index contributed by atoms with van der Waals surface area (Å²) in [4.78, 5) is 30.0. The standard InChI is InChI=1S/C27H31FN2O5/c1-2-16-35-22-10-6-19(7-11-22)24-23(25(31)20-4-8-21(28)9-5-20)26(32)27(33)30(24)13-3-12-29-14-17-34-18-15-29/h4-11,24,31H,2-3,12-18H2,1H3/b25-23-. The van der Waals surface area contributed by atoms with Crippen molar-refractivity contribution in [2.24, 2.45) is 0 Å². The minimum atomic E-state index is -0.745. The van der Waals surface area contributed by atoms with Crippen LogP contribution in [0.4, 0.5) is 4.39 Å². The Hall–Kier alpha value is -3.23. The molecule has 2 saturated heterocycles. The molecule has 7 nitrogen and oxygen atoms in total. The molecular weight excluding hydrogens is 451 g/mol. The Kier molecular flexibility index (Phi) is 8.15. The van der Waals surface area contributed by atoms with Gasteiger partial charge in [0.1, 0.15) is 17.3 Å². The van der Waals surface area contributed by atoms with Gasteiger partial charge in [0.05, 0.1) is 31.4 Å². The summed E-state index contributed by atoms with van der Waals surface area (Å²) in [6, 6.07) is 11.7. The van der Waals surface area contributed by atoms with Crippen LogP contribution in [0.25, 0.3) is 5.76 Å². The number of amides is 1. The summed E-state index contributed by atoms with van der Waals surface area (Å²) < 4.78 is 24.5. The molecule has 186 valence electrons. The number of aliphatic hydroxyl groups is 1. The van der Waals surface area contributed by atoms with Crippen molar-refractivity contribution < 1.29 is 28.6 Å². The lowest BCUT2D eigenvalue weighted by atomic mass is 9.95. The number of carbonyl (C=O) groups excluding carboxylic acids is 2. The average Bonchev–Trinajstić information content (AvgIpc) is 3.13. The van der Waals surface area contributed by atoms with E-state index in [4.69, 9.17) is 9.47 Å². The highest BCUT2D eigenvalue weighted by Gasteiger charge is 2.45. The Morgan fingerprint density at radius 1 is 1.06 bits per heavy atom. The van der Waals surface area contributed by atoms with E-state index in [1.807, 2.05) is 19.1 Å². The number of ketones is 1. The Bertz CT molecular complexity index is 1060. The van der Waals surface area contributed by atoms with Gasteiger partial charge in [0.15, 0.2) is 0 Å². The summed E-state index contributed by atoms with van der Waals surface area (Å²) in [6.45, 7) is 6.81. The van der Waals surface area contributed by atoms with Gasteiger partial charge in [-0.15, -0.1) is 0 Å². The fourth-order valence-corrected chi connectivity index (χ4v) is 4.48. The van der Waals surface area contributed by atoms with Gasteiger partial charge in [-0.2, -0.15) is 0 Å². The van der Waals surface area contributed by atoms with E-state index in [-0.39, 0.29) is 16.9 Å². The summed E-state index contributed by atoms with van der Waals surface area (Å²) in [5.41, 5.74) is 0.990. The van der Waals surface area contributed by atoms with Gasteiger partial charge in [-0.3, -0.25) is 14.5 Å². The first-order chi connectivity index (χ1) is 17.0. The maximum atomic E-state index is 13.4. The highest BCUT2D eigenvalue weighted by atomic mass is 19.1. The van der Waals surface area contributed by atoms with Crippen LogP contribution < -0.4 is 4.74 Å². The van der Waals surface area contributed by atoms with E-state index in [2.05, 4.69) is 4.90 Å². The Morgan fingerprint density at radius 3 is 2.40 bits per heavy atom. The van der Waals surface area contributed by atoms with Gasteiger partial charge in [-0.1, -0.05) is 19.1 Å². The Labute approximate surface area is 204 Å². The van der Waals surface area contributed by atoms with Gasteiger partial charge in [-0.05, 0) is 54.8 Å². The molecule has 1 N–H and O–H groups in total. The highest BCUT2D eigenvalue weighted by molar-refractivity contribution is 6.46. The summed E-state index contributed by atoms with van der Waals surface area (Å²) in [5.74, 6) is -1.46. The van der Waals surface area contributed by atoms with E-state index in [1.165, 1.54) is 29.2 Å². The van der Waals surface area contributed by atoms with Crippen LogP contribution in [-0.2, 0) is 14.3 Å². The molecular formula is C27H31FN2O5. The lowest BCUT2D eigenvalue weighted by Gasteiger charge is -2.29. The molecule has 1 atom stereocenters. The first kappa shape index (κ1) is 24.9. The van der Waals surface area contributed by atoms with E-state index in [9.17, 15) is 19.1 Å². The van der Waals surface area contributed by atoms with E-state index in [0.29, 0.717) is 44.1 Å². The first-order valence-corrected chi connectivity index (χ1v) is 12.1. The molecule has 0 aliphatic carbocycles. The molecule has 0 saturated carbocycles. The van der Waals surface area contributed by atoms with Crippen LogP contribution in [0, 0.1) is 5.82 Å². The van der Waals surface area contributed by atoms with Crippen molar-refractivity contribution in [2.45, 2.75) is 25.8 Å². The number of hydrogen-bond acceptors (Lipinski definition) is 6. The third-order valence-corrected chi connectivity index (χ3v) is 6.30. The number of Topliss-reactive ketones (excluding diaryl/α,β-unsaturated/α-hetero) is 1. The van der Waals surface area contributed by atoms with Crippen molar-refractivity contribution >= 4 is 17.4 Å². The molecule has 2 heterocycles. The molecule has 0 bridgehead atoms. The minimum Gasteiger partial charge on any atom is -0.507 e. The van der Waals surface area contributed by atoms with Crippen LogP contribution in [0.3, 0.4) is 0 Å². The zero-order valence-electron chi connectivity index (χ0n) is 19.9. The van der Waals surface area contributed by atoms with Crippen LogP contribution in [-0.4, -0.2) is 72.6 Å². The van der Waals surface area contributed by atoms with Gasteiger partial charge < -0.3 is 19.5 Å². The number of halogens is 1. The van der Waals surface area contributed by atoms with E-state index >= 15 is 0 Å². The predicted molar refractivity (Wildman–Crippen MR) is 130 cm³/mol. The number of likely N-dealkylation sites (tertiary alicyclic amines) is 1. The molecule has 4 rings (SSSR count). The highest BCUT2D eigenvalue weighted by Crippen LogP contribution is 2.40. The second kappa shape index (κ2) is 11.5. The Morgan fingerprint density at radius 2 is 1.74 bits per heavy atom. The molecule has 0 radical (unpaired) electrons. The lowest BCUT2D eigenvalue weighted by molar-refractivity contribution is -0.140. The molecule has 1 amide bonds. The van der Waals surface area contributed by atoms with Crippen molar-refractivity contribution in [3.05, 3.63) is 71.0 Å². The molecule has 8 heteroatoms. The summed E-state index contributed by atoms with van der Waals surface area (Å²) >= 11 is 0. The maximum absolute atomic E-state index is 13.4. The first-order valence-electron chi connectivity index (χ1n) is 12.1. The smallest absolute Gasteiger partial charge is 0.295 e. The van der Waals surface area contributed by atoms with E-state index < -0.39 is 23.5 Å². The number of carbonyl (C=O) groups is 2. The second-order valence-electron chi connectivity index (χ2n) is 8.72. The third kappa shape index (κ3) is 5.71. The van der Waals surface area contributed by atoms with Crippen LogP contribution in [0.15, 0.2) is 54.1 Å². The number of benzene rings is 2. The normalized spacial score (nSPS) is 20.4. The number of rotatable bonds is 9. The van der Waals surface area contributed by atoms with Gasteiger partial charge in [0.2, 0.25) is 0 Å². The SMILES string of the molecule is CCCOc1ccc(C2/C(=C(/O)c3ccc(F)cc3)C(=O)C(=O)N2CCCN2CCOCC2)cc1. The molecule has 2 aliphatic rings. The zero-order chi connectivity index (χ0) is 24.8. The molecule has 35 heavy (non-hydrogen) atoms. The van der Waals surface area contributed by atoms with Gasteiger partial charge in [0.25, 0.3) is 11.7 Å². The molecule has 2 aromatic carbocycles. The maximum Gasteiger partial charge on any atom is 0.295 e. The van der Waals surface area contributed by atoms with Gasteiger partial charge >= 0.3 is 0 Å². The number of ether oxygens (including phenoxy) is 2. The monoisotopic (exact) mass is 482 g/mol. The van der Waals surface area contributed by atoms with Crippen molar-refractivity contribution in [1.29, 1.82) is 0 Å². The number of nitrogens with zero attached hydrogens (tertiary/aromatic N) is 2. The van der Waals surface area contributed by atoms with Crippen LogP contribution >= 0.6 is 0 Å². The largest absolute Gasteiger partial charge is 0.507 e. The fourth-order valence-electron chi connectivity index (χ4n) is 4.48. The number of aliphatic hydroxyl groups excluding tert-OH is 1. The quantitative estimate of drug-likeness (QED) is 0.333. The van der Waals surface area contributed by atoms with Crippen molar-refractivity contribution in [3.8, 4) is 5.75 Å². The van der Waals surface area contributed by atoms with Crippen molar-refractivity contribution in [1.82, 2.24) is 9.80 Å². The molecule has 1 unspecified atom stereocenters. The predicted octanol–water partition coefficient (Wildman–Crippen LogP) is 3.76. The second-order valence-corrected chi connectivity index (χ2v) is 8.72. The van der Waals surface area contributed by atoms with E-state index in [1.54, 1.807) is 12.1 Å². The summed E-state index contributed by atoms with van der Waals surface area (Å²) in [6.07, 6.45) is 1.56. The molecule has 0 spiro atoms. The lowest BCUT2D eigenvalue weighted by Crippen LogP contribution is -2.38. The van der Waals surface area contributed by atoms with Gasteiger partial charge in [-0.25, -0.2) is 4.39 Å². The number of morpholine rings is 1. The summed E-state index contributed by atoms with van der Waals surface area (Å²) in [5, 5.41) is 11.1. The molecule has 0 aromatic heterocycles. The Balaban J connectivity index is 1.64. The van der Waals surface area contributed by atoms with Crippen LogP contribution in [0.5, 0.6) is 5.75 Å². The number of hydrogen-bond donors (Lipinski definition) is 1. The molecule has 2 aliphatic heterocycles. The molecule has 2 fully saturated rings. The third-order valence-electron chi connectivity index (χ3n) is 6.30. The average molecular weight is 483 g/mol. The summed E-state index contributed by atoms with van der Waals surface area (Å²) in [7, 11) is 0. The van der Waals surface area contributed by atoms with Gasteiger partial charge in [0, 0.05) is 31.7 Å². The van der Waals surface area contributed by atoms with Crippen LogP contribution in [0.2, 0.25) is 0 Å². The zero-order valence-corrected chi connectivity index (χ0v) is 19.9.